The molecule has 2 heterocycles. The molecule has 2 aromatic heterocycles. The van der Waals surface area contributed by atoms with E-state index < -0.39 is 0 Å². The van der Waals surface area contributed by atoms with Gasteiger partial charge in [0.1, 0.15) is 4.60 Å². The zero-order valence-corrected chi connectivity index (χ0v) is 11.3. The second-order valence-electron chi connectivity index (χ2n) is 3.55. The highest BCUT2D eigenvalue weighted by atomic mass is 79.9. The first-order chi connectivity index (χ1) is 8.31. The molecule has 0 radical (unpaired) electrons. The molecule has 0 aliphatic rings. The zero-order valence-electron chi connectivity index (χ0n) is 9.69. The molecule has 0 aliphatic carbocycles. The summed E-state index contributed by atoms with van der Waals surface area (Å²) < 4.78 is 8.00. The Balaban J connectivity index is 2.00. The van der Waals surface area contributed by atoms with Crippen molar-refractivity contribution >= 4 is 27.4 Å². The molecule has 0 aliphatic heterocycles. The third-order valence-electron chi connectivity index (χ3n) is 2.31. The highest BCUT2D eigenvalue weighted by Crippen LogP contribution is 2.16. The molecule has 0 aromatic carbocycles. The minimum absolute atomic E-state index is 0.764. The van der Waals surface area contributed by atoms with E-state index in [4.69, 9.17) is 4.74 Å². The number of hydrogen-bond acceptors (Lipinski definition) is 4. The van der Waals surface area contributed by atoms with Gasteiger partial charge >= 0.3 is 0 Å². The van der Waals surface area contributed by atoms with Crippen LogP contribution in [0.1, 0.15) is 13.3 Å². The first kappa shape index (κ1) is 12.3. The van der Waals surface area contributed by atoms with Crippen LogP contribution in [0.2, 0.25) is 0 Å². The van der Waals surface area contributed by atoms with Crippen LogP contribution in [0, 0.1) is 0 Å². The van der Waals surface area contributed by atoms with Crippen LogP contribution >= 0.6 is 15.9 Å². The first-order valence-electron chi connectivity index (χ1n) is 5.62. The van der Waals surface area contributed by atoms with Crippen molar-refractivity contribution in [2.75, 3.05) is 25.1 Å². The molecular formula is C11H15BrN4O. The topological polar surface area (TPSA) is 51.5 Å². The fourth-order valence-corrected chi connectivity index (χ4v) is 1.94. The lowest BCUT2D eigenvalue weighted by Crippen LogP contribution is -2.08. The Morgan fingerprint density at radius 2 is 2.41 bits per heavy atom. The number of nitrogens with zero attached hydrogens (tertiary/aromatic N) is 3. The van der Waals surface area contributed by atoms with E-state index in [1.165, 1.54) is 0 Å². The fourth-order valence-electron chi connectivity index (χ4n) is 1.55. The van der Waals surface area contributed by atoms with Crippen LogP contribution in [0.25, 0.3) is 5.65 Å². The lowest BCUT2D eigenvalue weighted by atomic mass is 10.4. The summed E-state index contributed by atoms with van der Waals surface area (Å²) in [4.78, 5) is 8.63. The molecule has 0 atom stereocenters. The third kappa shape index (κ3) is 3.17. The Morgan fingerprint density at radius 3 is 3.24 bits per heavy atom. The summed E-state index contributed by atoms with van der Waals surface area (Å²) in [7, 11) is 0. The van der Waals surface area contributed by atoms with Gasteiger partial charge in [-0.15, -0.1) is 0 Å². The molecule has 0 bridgehead atoms. The Morgan fingerprint density at radius 1 is 1.53 bits per heavy atom. The number of fused-ring (bicyclic) bond motifs is 1. The number of anilines is 1. The molecule has 0 fully saturated rings. The zero-order chi connectivity index (χ0) is 12.1. The van der Waals surface area contributed by atoms with Gasteiger partial charge in [-0.2, -0.15) is 0 Å². The SMILES string of the molecule is CCOCCCNc1nc(Br)cn2ccnc12. The Hall–Kier alpha value is -1.14. The normalized spacial score (nSPS) is 10.9. The molecule has 2 aromatic rings. The van der Waals surface area contributed by atoms with Gasteiger partial charge < -0.3 is 14.5 Å². The van der Waals surface area contributed by atoms with Gasteiger partial charge in [-0.25, -0.2) is 9.97 Å². The van der Waals surface area contributed by atoms with E-state index in [-0.39, 0.29) is 0 Å². The molecule has 0 saturated carbocycles. The summed E-state index contributed by atoms with van der Waals surface area (Å²) in [5.41, 5.74) is 0.838. The van der Waals surface area contributed by atoms with Crippen LogP contribution in [0.15, 0.2) is 23.2 Å². The highest BCUT2D eigenvalue weighted by molar-refractivity contribution is 9.10. The second-order valence-corrected chi connectivity index (χ2v) is 4.36. The Kier molecular flexibility index (Phi) is 4.33. The van der Waals surface area contributed by atoms with Gasteiger partial charge in [0, 0.05) is 38.3 Å². The van der Waals surface area contributed by atoms with E-state index in [9.17, 15) is 0 Å². The minimum atomic E-state index is 0.764. The van der Waals surface area contributed by atoms with Gasteiger partial charge in [-0.3, -0.25) is 0 Å². The van der Waals surface area contributed by atoms with Crippen molar-refractivity contribution in [2.24, 2.45) is 0 Å². The van der Waals surface area contributed by atoms with Crippen molar-refractivity contribution in [3.8, 4) is 0 Å². The van der Waals surface area contributed by atoms with Gasteiger partial charge in [0.2, 0.25) is 0 Å². The van der Waals surface area contributed by atoms with E-state index in [1.807, 2.05) is 23.7 Å². The molecule has 0 saturated heterocycles. The molecule has 0 spiro atoms. The van der Waals surface area contributed by atoms with Crippen LogP contribution in [0.4, 0.5) is 5.82 Å². The van der Waals surface area contributed by atoms with Crippen molar-refractivity contribution in [2.45, 2.75) is 13.3 Å². The minimum Gasteiger partial charge on any atom is -0.382 e. The van der Waals surface area contributed by atoms with Gasteiger partial charge in [0.05, 0.1) is 0 Å². The monoisotopic (exact) mass is 298 g/mol. The lowest BCUT2D eigenvalue weighted by Gasteiger charge is -2.07. The smallest absolute Gasteiger partial charge is 0.180 e. The Labute approximate surface area is 108 Å². The molecule has 17 heavy (non-hydrogen) atoms. The predicted octanol–water partition coefficient (Wildman–Crippen LogP) is 2.33. The van der Waals surface area contributed by atoms with Gasteiger partial charge in [-0.1, -0.05) is 0 Å². The van der Waals surface area contributed by atoms with E-state index >= 15 is 0 Å². The number of halogens is 1. The van der Waals surface area contributed by atoms with E-state index in [0.29, 0.717) is 0 Å². The van der Waals surface area contributed by atoms with Crippen molar-refractivity contribution in [1.82, 2.24) is 14.4 Å². The van der Waals surface area contributed by atoms with E-state index in [0.717, 1.165) is 42.2 Å². The summed E-state index contributed by atoms with van der Waals surface area (Å²) in [5.74, 6) is 0.792. The van der Waals surface area contributed by atoms with Gasteiger partial charge in [-0.05, 0) is 29.3 Å². The number of hydrogen-bond donors (Lipinski definition) is 1. The quantitative estimate of drug-likeness (QED) is 0.832. The van der Waals surface area contributed by atoms with Crippen molar-refractivity contribution in [3.63, 3.8) is 0 Å². The van der Waals surface area contributed by atoms with E-state index in [2.05, 4.69) is 31.2 Å². The first-order valence-corrected chi connectivity index (χ1v) is 6.41. The largest absolute Gasteiger partial charge is 0.382 e. The van der Waals surface area contributed by atoms with Crippen molar-refractivity contribution < 1.29 is 4.74 Å². The molecule has 2 rings (SSSR count). The molecule has 6 heteroatoms. The summed E-state index contributed by atoms with van der Waals surface area (Å²) in [6, 6.07) is 0. The van der Waals surface area contributed by atoms with Crippen molar-refractivity contribution in [3.05, 3.63) is 23.2 Å². The average molecular weight is 299 g/mol. The molecule has 1 N–H and O–H groups in total. The molecular weight excluding hydrogens is 284 g/mol. The fraction of sp³-hybridized carbons (Fsp3) is 0.455. The number of nitrogens with one attached hydrogen (secondary N) is 1. The Bertz CT molecular complexity index is 485. The third-order valence-corrected chi connectivity index (χ3v) is 2.69. The molecule has 0 unspecified atom stereocenters. The summed E-state index contributed by atoms with van der Waals surface area (Å²) in [6.45, 7) is 4.35. The molecule has 92 valence electrons. The summed E-state index contributed by atoms with van der Waals surface area (Å²) in [5, 5.41) is 3.27. The van der Waals surface area contributed by atoms with Gasteiger partial charge in [0.15, 0.2) is 11.5 Å². The average Bonchev–Trinajstić information content (AvgIpc) is 2.76. The molecule has 5 nitrogen and oxygen atoms in total. The number of aromatic nitrogens is 3. The van der Waals surface area contributed by atoms with Crippen LogP contribution in [-0.2, 0) is 4.74 Å². The molecule has 0 amide bonds. The number of ether oxygens (including phenoxy) is 1. The van der Waals surface area contributed by atoms with Crippen molar-refractivity contribution in [1.29, 1.82) is 0 Å². The van der Waals surface area contributed by atoms with Gasteiger partial charge in [0.25, 0.3) is 0 Å². The lowest BCUT2D eigenvalue weighted by molar-refractivity contribution is 0.147. The van der Waals surface area contributed by atoms with Crippen LogP contribution < -0.4 is 5.32 Å². The highest BCUT2D eigenvalue weighted by Gasteiger charge is 2.05. The standard InChI is InChI=1S/C11H15BrN4O/c1-2-17-7-3-4-13-10-11-14-5-6-16(11)8-9(12)15-10/h5-6,8H,2-4,7H2,1H3,(H,13,15). The predicted molar refractivity (Wildman–Crippen MR) is 70.3 cm³/mol. The summed E-state index contributed by atoms with van der Waals surface area (Å²) >= 11 is 3.38. The maximum absolute atomic E-state index is 5.28. The second kappa shape index (κ2) is 5.97. The van der Waals surface area contributed by atoms with Crippen LogP contribution in [0.5, 0.6) is 0 Å². The van der Waals surface area contributed by atoms with E-state index in [1.54, 1.807) is 6.20 Å². The van der Waals surface area contributed by atoms with Crippen LogP contribution in [0.3, 0.4) is 0 Å². The maximum Gasteiger partial charge on any atom is 0.180 e. The number of imidazole rings is 1. The summed E-state index contributed by atoms with van der Waals surface area (Å²) in [6.07, 6.45) is 6.49. The number of rotatable bonds is 6. The maximum atomic E-state index is 5.28. The van der Waals surface area contributed by atoms with Crippen LogP contribution in [-0.4, -0.2) is 34.1 Å².